The number of nitrogens with zero attached hydrogens (tertiary/aromatic N) is 1. The van der Waals surface area contributed by atoms with Gasteiger partial charge < -0.3 is 4.74 Å². The lowest BCUT2D eigenvalue weighted by molar-refractivity contribution is -0.121. The third-order valence-electron chi connectivity index (χ3n) is 7.59. The molecule has 0 bridgehead atoms. The number of Topliss-reactive ketones (excluding diaryl/α,β-unsaturated/α-hetero) is 1. The van der Waals surface area contributed by atoms with Crippen molar-refractivity contribution in [3.05, 3.63) is 59.4 Å². The molecule has 4 rings (SSSR count). The summed E-state index contributed by atoms with van der Waals surface area (Å²) in [5.74, 6) is 2.55. The number of likely N-dealkylation sites (tertiary alicyclic amines) is 1. The first kappa shape index (κ1) is 23.3. The largest absolute Gasteiger partial charge is 0.491 e. The number of hydrogen-bond donors (Lipinski definition) is 0. The van der Waals surface area contributed by atoms with Crippen molar-refractivity contribution in [3.8, 4) is 0 Å². The standard InChI is InChI=1S/C29H41NO2/c1-29(2,3)30-19-17-28(18-20-30)32-27-15-13-25(14-16-27)24-11-9-22(10-12-24)7-8-23-5-4-6-26(31)21-23/h9-13,15-16,23,25,28H,4-8,14,17-21H2,1-3H3. The highest BCUT2D eigenvalue weighted by molar-refractivity contribution is 5.79. The molecule has 1 saturated heterocycles. The van der Waals surface area contributed by atoms with Crippen molar-refractivity contribution in [2.75, 3.05) is 13.1 Å². The molecule has 3 nitrogen and oxygen atoms in total. The molecule has 1 aromatic carbocycles. The van der Waals surface area contributed by atoms with Gasteiger partial charge in [0.05, 0.1) is 0 Å². The molecule has 0 radical (unpaired) electrons. The summed E-state index contributed by atoms with van der Waals surface area (Å²) < 4.78 is 6.32. The summed E-state index contributed by atoms with van der Waals surface area (Å²) in [6.45, 7) is 9.14. The van der Waals surface area contributed by atoms with Crippen LogP contribution in [-0.2, 0) is 16.0 Å². The van der Waals surface area contributed by atoms with Crippen LogP contribution in [0.25, 0.3) is 0 Å². The first-order valence-corrected chi connectivity index (χ1v) is 12.8. The third kappa shape index (κ3) is 6.34. The van der Waals surface area contributed by atoms with E-state index >= 15 is 0 Å². The van der Waals surface area contributed by atoms with E-state index in [1.165, 1.54) is 17.5 Å². The summed E-state index contributed by atoms with van der Waals surface area (Å²) >= 11 is 0. The lowest BCUT2D eigenvalue weighted by atomic mass is 9.84. The second-order valence-electron chi connectivity index (χ2n) is 11.1. The number of ketones is 1. The number of ether oxygens (including phenoxy) is 1. The van der Waals surface area contributed by atoms with Crippen molar-refractivity contribution >= 4 is 5.78 Å². The molecule has 1 aliphatic heterocycles. The van der Waals surface area contributed by atoms with E-state index in [4.69, 9.17) is 4.74 Å². The normalized spacial score (nSPS) is 25.6. The minimum atomic E-state index is 0.257. The Morgan fingerprint density at radius 1 is 1.06 bits per heavy atom. The highest BCUT2D eigenvalue weighted by Crippen LogP contribution is 2.30. The van der Waals surface area contributed by atoms with Crippen LogP contribution in [0.3, 0.4) is 0 Å². The molecular weight excluding hydrogens is 394 g/mol. The maximum Gasteiger partial charge on any atom is 0.133 e. The van der Waals surface area contributed by atoms with Gasteiger partial charge in [-0.05, 0) is 94.9 Å². The number of carbonyl (C=O) groups excluding carboxylic acids is 1. The van der Waals surface area contributed by atoms with Crippen LogP contribution in [0.15, 0.2) is 48.3 Å². The Kier molecular flexibility index (Phi) is 7.55. The van der Waals surface area contributed by atoms with E-state index in [9.17, 15) is 4.79 Å². The van der Waals surface area contributed by atoms with E-state index in [1.54, 1.807) is 0 Å². The first-order chi connectivity index (χ1) is 15.4. The highest BCUT2D eigenvalue weighted by atomic mass is 16.5. The number of rotatable bonds is 6. The number of hydrogen-bond acceptors (Lipinski definition) is 3. The molecule has 0 spiro atoms. The molecule has 2 fully saturated rings. The second-order valence-corrected chi connectivity index (χ2v) is 11.1. The molecule has 174 valence electrons. The summed E-state index contributed by atoms with van der Waals surface area (Å²) in [6, 6.07) is 9.15. The second kappa shape index (κ2) is 10.4. The lowest BCUT2D eigenvalue weighted by Crippen LogP contribution is -2.47. The van der Waals surface area contributed by atoms with Crippen molar-refractivity contribution in [2.45, 2.75) is 96.1 Å². The minimum Gasteiger partial charge on any atom is -0.491 e. The van der Waals surface area contributed by atoms with Crippen molar-refractivity contribution in [3.63, 3.8) is 0 Å². The van der Waals surface area contributed by atoms with E-state index < -0.39 is 0 Å². The van der Waals surface area contributed by atoms with Gasteiger partial charge in [0.2, 0.25) is 0 Å². The van der Waals surface area contributed by atoms with Crippen LogP contribution in [0.5, 0.6) is 0 Å². The fourth-order valence-corrected chi connectivity index (χ4v) is 5.43. The summed E-state index contributed by atoms with van der Waals surface area (Å²) in [4.78, 5) is 14.2. The van der Waals surface area contributed by atoms with Crippen molar-refractivity contribution in [2.24, 2.45) is 5.92 Å². The molecule has 3 heteroatoms. The van der Waals surface area contributed by atoms with E-state index in [1.807, 2.05) is 0 Å². The predicted octanol–water partition coefficient (Wildman–Crippen LogP) is 6.59. The zero-order valence-electron chi connectivity index (χ0n) is 20.3. The van der Waals surface area contributed by atoms with E-state index in [0.717, 1.165) is 70.2 Å². The molecule has 32 heavy (non-hydrogen) atoms. The molecule has 0 amide bonds. The Bertz CT molecular complexity index is 822. The number of allylic oxidation sites excluding steroid dienone is 3. The van der Waals surface area contributed by atoms with Gasteiger partial charge in [-0.2, -0.15) is 0 Å². The molecule has 0 aromatic heterocycles. The Hall–Kier alpha value is -1.87. The average Bonchev–Trinajstić information content (AvgIpc) is 2.78. The van der Waals surface area contributed by atoms with Crippen LogP contribution in [0.2, 0.25) is 0 Å². The molecule has 1 aromatic rings. The van der Waals surface area contributed by atoms with Gasteiger partial charge in [-0.25, -0.2) is 0 Å². The minimum absolute atomic E-state index is 0.257. The molecular formula is C29H41NO2. The Balaban J connectivity index is 1.22. The van der Waals surface area contributed by atoms with Crippen LogP contribution in [0.1, 0.15) is 89.2 Å². The summed E-state index contributed by atoms with van der Waals surface area (Å²) in [5, 5.41) is 0. The van der Waals surface area contributed by atoms with Gasteiger partial charge in [0, 0.05) is 37.4 Å². The van der Waals surface area contributed by atoms with E-state index in [-0.39, 0.29) is 5.54 Å². The van der Waals surface area contributed by atoms with Crippen molar-refractivity contribution in [1.82, 2.24) is 4.90 Å². The van der Waals surface area contributed by atoms with Crippen molar-refractivity contribution in [1.29, 1.82) is 0 Å². The van der Waals surface area contributed by atoms with Gasteiger partial charge in [-0.3, -0.25) is 9.69 Å². The Morgan fingerprint density at radius 3 is 2.44 bits per heavy atom. The fourth-order valence-electron chi connectivity index (χ4n) is 5.43. The lowest BCUT2D eigenvalue weighted by Gasteiger charge is -2.41. The zero-order valence-corrected chi connectivity index (χ0v) is 20.3. The topological polar surface area (TPSA) is 29.5 Å². The maximum absolute atomic E-state index is 11.7. The third-order valence-corrected chi connectivity index (χ3v) is 7.59. The molecule has 2 unspecified atom stereocenters. The number of benzene rings is 1. The van der Waals surface area contributed by atoms with Crippen LogP contribution in [0.4, 0.5) is 0 Å². The quantitative estimate of drug-likeness (QED) is 0.505. The van der Waals surface area contributed by atoms with Crippen LogP contribution in [0, 0.1) is 5.92 Å². The maximum atomic E-state index is 11.7. The van der Waals surface area contributed by atoms with E-state index in [2.05, 4.69) is 68.2 Å². The average molecular weight is 436 g/mol. The highest BCUT2D eigenvalue weighted by Gasteiger charge is 2.28. The van der Waals surface area contributed by atoms with Gasteiger partial charge in [0.15, 0.2) is 0 Å². The SMILES string of the molecule is CC(C)(C)N1CCC(OC2=CCC(c3ccc(CCC4CCCC(=O)C4)cc3)C=C2)CC1. The van der Waals surface area contributed by atoms with Gasteiger partial charge in [0.1, 0.15) is 17.6 Å². The predicted molar refractivity (Wildman–Crippen MR) is 132 cm³/mol. The molecule has 3 aliphatic rings. The molecule has 2 aliphatic carbocycles. The number of carbonyl (C=O) groups is 1. The summed E-state index contributed by atoms with van der Waals surface area (Å²) in [7, 11) is 0. The van der Waals surface area contributed by atoms with Gasteiger partial charge in [0.25, 0.3) is 0 Å². The van der Waals surface area contributed by atoms with Gasteiger partial charge in [-0.15, -0.1) is 0 Å². The zero-order chi connectivity index (χ0) is 22.6. The van der Waals surface area contributed by atoms with Crippen LogP contribution in [-0.4, -0.2) is 35.4 Å². The smallest absolute Gasteiger partial charge is 0.133 e. The van der Waals surface area contributed by atoms with E-state index in [0.29, 0.717) is 23.7 Å². The van der Waals surface area contributed by atoms with Crippen LogP contribution >= 0.6 is 0 Å². The first-order valence-electron chi connectivity index (χ1n) is 12.8. The molecule has 2 atom stereocenters. The number of aryl methyl sites for hydroxylation is 1. The molecule has 1 saturated carbocycles. The Labute approximate surface area is 194 Å². The van der Waals surface area contributed by atoms with Gasteiger partial charge >= 0.3 is 0 Å². The molecule has 1 heterocycles. The Morgan fingerprint density at radius 2 is 1.81 bits per heavy atom. The van der Waals surface area contributed by atoms with Crippen LogP contribution < -0.4 is 0 Å². The monoisotopic (exact) mass is 435 g/mol. The summed E-state index contributed by atoms with van der Waals surface area (Å²) in [5.41, 5.74) is 3.03. The van der Waals surface area contributed by atoms with Gasteiger partial charge in [-0.1, -0.05) is 30.3 Å². The molecule has 0 N–H and O–H groups in total. The summed E-state index contributed by atoms with van der Waals surface area (Å²) in [6.07, 6.45) is 16.5. The van der Waals surface area contributed by atoms with Crippen molar-refractivity contribution < 1.29 is 9.53 Å². The fraction of sp³-hybridized carbons (Fsp3) is 0.621. The number of piperidine rings is 1.